The van der Waals surface area contributed by atoms with Crippen LogP contribution in [0.15, 0.2) is 12.3 Å². The second-order valence-corrected chi connectivity index (χ2v) is 2.21. The zero-order valence-corrected chi connectivity index (χ0v) is 6.03. The van der Waals surface area contributed by atoms with E-state index in [9.17, 15) is 5.21 Å². The van der Waals surface area contributed by atoms with Crippen molar-refractivity contribution in [1.82, 2.24) is 4.98 Å². The van der Waals surface area contributed by atoms with Gasteiger partial charge in [0.15, 0.2) is 5.69 Å². The van der Waals surface area contributed by atoms with Gasteiger partial charge in [0.05, 0.1) is 0 Å². The molecule has 0 saturated heterocycles. The van der Waals surface area contributed by atoms with Crippen molar-refractivity contribution in [3.8, 4) is 0 Å². The van der Waals surface area contributed by atoms with Gasteiger partial charge in [0, 0.05) is 6.20 Å². The first kappa shape index (κ1) is 8.19. The molecule has 5 heteroatoms. The second-order valence-electron chi connectivity index (χ2n) is 2.21. The van der Waals surface area contributed by atoms with Crippen LogP contribution in [-0.4, -0.2) is 18.0 Å². The molecule has 1 rings (SSSR count). The molecule has 0 aromatic carbocycles. The quantitative estimate of drug-likeness (QED) is 0.381. The van der Waals surface area contributed by atoms with Gasteiger partial charge in [-0.05, 0) is 13.0 Å². The topological polar surface area (TPSA) is 60.6 Å². The Bertz CT molecular complexity index is 265. The maximum Gasteiger partial charge on any atom is 0.184 e. The van der Waals surface area contributed by atoms with Crippen LogP contribution in [0.5, 0.6) is 0 Å². The molecule has 0 spiro atoms. The molecular formula is C6H7BN2O2. The van der Waals surface area contributed by atoms with E-state index in [1.54, 1.807) is 6.92 Å². The number of hydrogen-bond donors (Lipinski definition) is 2. The summed E-state index contributed by atoms with van der Waals surface area (Å²) < 4.78 is 0. The maximum atomic E-state index is 10.5. The summed E-state index contributed by atoms with van der Waals surface area (Å²) in [4.78, 5) is 3.79. The van der Waals surface area contributed by atoms with Crippen LogP contribution in [0.4, 0.5) is 5.69 Å². The SMILES string of the molecule is [B]c1cnc(C)c([NH+]([O-])O)c1. The van der Waals surface area contributed by atoms with Gasteiger partial charge in [-0.15, -0.1) is 0 Å². The molecule has 0 saturated carbocycles. The van der Waals surface area contributed by atoms with Crippen LogP contribution < -0.4 is 10.7 Å². The molecule has 56 valence electrons. The lowest BCUT2D eigenvalue weighted by Gasteiger charge is -2.13. The first-order valence-electron chi connectivity index (χ1n) is 3.06. The normalized spacial score (nSPS) is 13.0. The molecule has 0 aliphatic heterocycles. The van der Waals surface area contributed by atoms with E-state index >= 15 is 0 Å². The van der Waals surface area contributed by atoms with Crippen LogP contribution in [0.1, 0.15) is 5.69 Å². The highest BCUT2D eigenvalue weighted by atomic mass is 16.8. The highest BCUT2D eigenvalue weighted by Crippen LogP contribution is 2.01. The van der Waals surface area contributed by atoms with Crippen molar-refractivity contribution in [2.24, 2.45) is 0 Å². The first-order chi connectivity index (χ1) is 5.11. The van der Waals surface area contributed by atoms with Crippen molar-refractivity contribution < 1.29 is 10.4 Å². The second kappa shape index (κ2) is 3.00. The van der Waals surface area contributed by atoms with E-state index in [0.717, 1.165) is 0 Å². The Labute approximate surface area is 65.4 Å². The summed E-state index contributed by atoms with van der Waals surface area (Å²) >= 11 is 0. The van der Waals surface area contributed by atoms with Crippen molar-refractivity contribution in [3.63, 3.8) is 0 Å². The number of pyridine rings is 1. The van der Waals surface area contributed by atoms with Crippen LogP contribution in [0, 0.1) is 12.1 Å². The standard InChI is InChI=1S/C6H7BN2O2/c1-4-6(9(10)11)2-5(7)3-8-4/h2-3,9-10H,1H3. The summed E-state index contributed by atoms with van der Waals surface area (Å²) in [6.07, 6.45) is 1.43. The third kappa shape index (κ3) is 1.77. The van der Waals surface area contributed by atoms with E-state index in [-0.39, 0.29) is 5.69 Å². The van der Waals surface area contributed by atoms with Crippen LogP contribution in [0.25, 0.3) is 0 Å². The molecular weight excluding hydrogens is 143 g/mol. The van der Waals surface area contributed by atoms with Gasteiger partial charge in [-0.3, -0.25) is 4.98 Å². The number of nitrogens with zero attached hydrogens (tertiary/aromatic N) is 1. The summed E-state index contributed by atoms with van der Waals surface area (Å²) in [6, 6.07) is 1.39. The number of hydrogen-bond acceptors (Lipinski definition) is 3. The Kier molecular flexibility index (Phi) is 2.23. The average molecular weight is 150 g/mol. The number of nitrogens with one attached hydrogen (secondary N) is 1. The van der Waals surface area contributed by atoms with Crippen LogP contribution in [0.2, 0.25) is 0 Å². The molecule has 1 aromatic rings. The zero-order valence-electron chi connectivity index (χ0n) is 6.03. The molecule has 0 aliphatic rings. The minimum absolute atomic E-state index is 0.157. The smallest absolute Gasteiger partial charge is 0.184 e. The van der Waals surface area contributed by atoms with Crippen molar-refractivity contribution in [2.45, 2.75) is 6.92 Å². The molecule has 0 bridgehead atoms. The van der Waals surface area contributed by atoms with E-state index in [0.29, 0.717) is 11.2 Å². The van der Waals surface area contributed by atoms with Crippen LogP contribution in [0.3, 0.4) is 0 Å². The molecule has 0 aliphatic carbocycles. The Hall–Kier alpha value is -0.905. The highest BCUT2D eigenvalue weighted by molar-refractivity contribution is 6.32. The van der Waals surface area contributed by atoms with E-state index < -0.39 is 5.23 Å². The Morgan fingerprint density at radius 2 is 2.36 bits per heavy atom. The number of rotatable bonds is 1. The van der Waals surface area contributed by atoms with E-state index in [1.165, 1.54) is 12.3 Å². The van der Waals surface area contributed by atoms with Gasteiger partial charge in [0.2, 0.25) is 0 Å². The van der Waals surface area contributed by atoms with E-state index in [2.05, 4.69) is 4.98 Å². The van der Waals surface area contributed by atoms with Crippen molar-refractivity contribution in [1.29, 1.82) is 0 Å². The summed E-state index contributed by atoms with van der Waals surface area (Å²) in [6.45, 7) is 1.63. The number of aromatic nitrogens is 1. The molecule has 2 radical (unpaired) electrons. The summed E-state index contributed by atoms with van der Waals surface area (Å²) in [5, 5.41) is 18.1. The van der Waals surface area contributed by atoms with Gasteiger partial charge in [-0.2, -0.15) is 5.23 Å². The van der Waals surface area contributed by atoms with Gasteiger partial charge in [-0.25, -0.2) is 5.21 Å². The fourth-order valence-electron chi connectivity index (χ4n) is 0.766. The predicted octanol–water partition coefficient (Wildman–Crippen LogP) is -1.41. The fraction of sp³-hybridized carbons (Fsp3) is 0.167. The fourth-order valence-corrected chi connectivity index (χ4v) is 0.766. The van der Waals surface area contributed by atoms with Crippen LogP contribution >= 0.6 is 0 Å². The molecule has 4 nitrogen and oxygen atoms in total. The third-order valence-electron chi connectivity index (χ3n) is 1.34. The average Bonchev–Trinajstić information content (AvgIpc) is 1.94. The molecule has 0 amide bonds. The Morgan fingerprint density at radius 3 is 2.82 bits per heavy atom. The van der Waals surface area contributed by atoms with Gasteiger partial charge >= 0.3 is 0 Å². The monoisotopic (exact) mass is 150 g/mol. The van der Waals surface area contributed by atoms with Gasteiger partial charge in [0.1, 0.15) is 13.5 Å². The van der Waals surface area contributed by atoms with Gasteiger partial charge < -0.3 is 5.21 Å². The lowest BCUT2D eigenvalue weighted by Crippen LogP contribution is -2.99. The predicted molar refractivity (Wildman–Crippen MR) is 40.1 cm³/mol. The van der Waals surface area contributed by atoms with Gasteiger partial charge in [0.25, 0.3) is 0 Å². The van der Waals surface area contributed by atoms with Crippen molar-refractivity contribution in [2.75, 3.05) is 0 Å². The van der Waals surface area contributed by atoms with Crippen molar-refractivity contribution >= 4 is 19.0 Å². The summed E-state index contributed by atoms with van der Waals surface area (Å²) in [7, 11) is 5.34. The first-order valence-corrected chi connectivity index (χ1v) is 3.06. The van der Waals surface area contributed by atoms with E-state index in [1.807, 2.05) is 0 Å². The molecule has 1 atom stereocenters. The minimum Gasteiger partial charge on any atom is -0.595 e. The molecule has 1 unspecified atom stereocenters. The molecule has 2 N–H and O–H groups in total. The summed E-state index contributed by atoms with van der Waals surface area (Å²) in [5.41, 5.74) is 1.00. The number of aryl methyl sites for hydroxylation is 1. The van der Waals surface area contributed by atoms with Crippen molar-refractivity contribution in [3.05, 3.63) is 23.2 Å². The lowest BCUT2D eigenvalue weighted by molar-refractivity contribution is -0.991. The Morgan fingerprint density at radius 1 is 1.73 bits per heavy atom. The lowest BCUT2D eigenvalue weighted by atomic mass is 9.98. The van der Waals surface area contributed by atoms with E-state index in [4.69, 9.17) is 13.1 Å². The summed E-state index contributed by atoms with van der Waals surface area (Å²) in [5.74, 6) is 0. The Balaban J connectivity index is 3.13. The zero-order chi connectivity index (χ0) is 8.43. The largest absolute Gasteiger partial charge is 0.595 e. The molecule has 11 heavy (non-hydrogen) atoms. The molecule has 1 heterocycles. The molecule has 1 aromatic heterocycles. The maximum absolute atomic E-state index is 10.5. The minimum atomic E-state index is -0.998. The van der Waals surface area contributed by atoms with Gasteiger partial charge in [-0.1, -0.05) is 5.46 Å². The third-order valence-corrected chi connectivity index (χ3v) is 1.34. The van der Waals surface area contributed by atoms with Crippen LogP contribution in [-0.2, 0) is 0 Å². The highest BCUT2D eigenvalue weighted by Gasteiger charge is 2.04. The number of quaternary nitrogens is 1. The molecule has 0 fully saturated rings.